The van der Waals surface area contributed by atoms with Crippen LogP contribution in [0.5, 0.6) is 0 Å². The summed E-state index contributed by atoms with van der Waals surface area (Å²) in [5.74, 6) is 0.236. The standard InChI is InChI=1S/C32H39N3O2/c1-5-20-34(21-6-2)27-18-14-25(15-19-27)32(37)35-23(4)22-29(28-10-8-9-11-30(28)35)24-12-16-26(17-13-24)33-31(36)7-3/h8-19,23,29H,5-7,20-22H2,1-4H3,(H,33,36). The Labute approximate surface area is 221 Å². The van der Waals surface area contributed by atoms with E-state index in [-0.39, 0.29) is 23.8 Å². The fraction of sp³-hybridized carbons (Fsp3) is 0.375. The fourth-order valence-electron chi connectivity index (χ4n) is 5.35. The van der Waals surface area contributed by atoms with Crippen LogP contribution in [0.4, 0.5) is 17.1 Å². The van der Waals surface area contributed by atoms with E-state index in [1.54, 1.807) is 0 Å². The number of anilines is 3. The molecule has 0 saturated carbocycles. The Morgan fingerprint density at radius 2 is 1.54 bits per heavy atom. The quantitative estimate of drug-likeness (QED) is 0.339. The zero-order valence-electron chi connectivity index (χ0n) is 22.5. The first-order valence-corrected chi connectivity index (χ1v) is 13.6. The van der Waals surface area contributed by atoms with Crippen molar-refractivity contribution in [3.05, 3.63) is 89.5 Å². The van der Waals surface area contributed by atoms with Crippen molar-refractivity contribution in [2.45, 2.75) is 65.3 Å². The number of nitrogens with one attached hydrogen (secondary N) is 1. The van der Waals surface area contributed by atoms with E-state index in [1.165, 1.54) is 11.3 Å². The number of rotatable bonds is 9. The van der Waals surface area contributed by atoms with Crippen molar-refractivity contribution >= 4 is 28.9 Å². The van der Waals surface area contributed by atoms with Gasteiger partial charge in [-0.05, 0) is 79.8 Å². The van der Waals surface area contributed by atoms with E-state index in [0.29, 0.717) is 12.0 Å². The van der Waals surface area contributed by atoms with Gasteiger partial charge in [-0.25, -0.2) is 0 Å². The zero-order valence-corrected chi connectivity index (χ0v) is 22.5. The van der Waals surface area contributed by atoms with Crippen LogP contribution < -0.4 is 15.1 Å². The fourth-order valence-corrected chi connectivity index (χ4v) is 5.35. The number of hydrogen-bond donors (Lipinski definition) is 1. The van der Waals surface area contributed by atoms with Crippen LogP contribution in [0, 0.1) is 0 Å². The molecule has 5 nitrogen and oxygen atoms in total. The number of benzene rings is 3. The Bertz CT molecular complexity index is 1200. The number of fused-ring (bicyclic) bond motifs is 1. The van der Waals surface area contributed by atoms with Gasteiger partial charge in [-0.2, -0.15) is 0 Å². The third kappa shape index (κ3) is 5.87. The van der Waals surface area contributed by atoms with Gasteiger partial charge >= 0.3 is 0 Å². The second-order valence-corrected chi connectivity index (χ2v) is 9.93. The van der Waals surface area contributed by atoms with Crippen LogP contribution in [-0.4, -0.2) is 30.9 Å². The molecule has 2 unspecified atom stereocenters. The average Bonchev–Trinajstić information content (AvgIpc) is 2.92. The normalized spacial score (nSPS) is 16.7. The first-order valence-electron chi connectivity index (χ1n) is 13.6. The molecule has 0 aliphatic carbocycles. The number of carbonyl (C=O) groups is 2. The lowest BCUT2D eigenvalue weighted by molar-refractivity contribution is -0.115. The Balaban J connectivity index is 1.59. The minimum absolute atomic E-state index is 0.00927. The van der Waals surface area contributed by atoms with Crippen molar-refractivity contribution in [1.29, 1.82) is 0 Å². The maximum atomic E-state index is 13.8. The molecule has 2 atom stereocenters. The lowest BCUT2D eigenvalue weighted by Gasteiger charge is -2.39. The first kappa shape index (κ1) is 26.5. The highest BCUT2D eigenvalue weighted by molar-refractivity contribution is 6.07. The van der Waals surface area contributed by atoms with Crippen LogP contribution >= 0.6 is 0 Å². The Morgan fingerprint density at radius 3 is 2.16 bits per heavy atom. The van der Waals surface area contributed by atoms with Crippen molar-refractivity contribution in [3.8, 4) is 0 Å². The number of amides is 2. The van der Waals surface area contributed by atoms with Crippen molar-refractivity contribution in [2.75, 3.05) is 28.2 Å². The average molecular weight is 498 g/mol. The summed E-state index contributed by atoms with van der Waals surface area (Å²) in [5.41, 5.74) is 6.02. The summed E-state index contributed by atoms with van der Waals surface area (Å²) in [7, 11) is 0. The van der Waals surface area contributed by atoms with E-state index in [4.69, 9.17) is 0 Å². The van der Waals surface area contributed by atoms with E-state index in [0.717, 1.165) is 49.3 Å². The van der Waals surface area contributed by atoms with E-state index in [1.807, 2.05) is 48.2 Å². The SMILES string of the molecule is CCCN(CCC)c1ccc(C(=O)N2c3ccccc3C(c3ccc(NC(=O)CC)cc3)CC2C)cc1. The molecule has 1 N–H and O–H groups in total. The molecule has 0 fully saturated rings. The Hall–Kier alpha value is -3.60. The van der Waals surface area contributed by atoms with E-state index >= 15 is 0 Å². The van der Waals surface area contributed by atoms with Gasteiger partial charge in [-0.3, -0.25) is 9.59 Å². The minimum Gasteiger partial charge on any atom is -0.372 e. The Morgan fingerprint density at radius 1 is 0.892 bits per heavy atom. The van der Waals surface area contributed by atoms with Crippen LogP contribution in [0.25, 0.3) is 0 Å². The minimum atomic E-state index is 0.00927. The number of nitrogens with zero attached hydrogens (tertiary/aromatic N) is 2. The van der Waals surface area contributed by atoms with Gasteiger partial charge in [0.1, 0.15) is 0 Å². The summed E-state index contributed by atoms with van der Waals surface area (Å²) in [6.07, 6.45) is 3.49. The molecule has 5 heteroatoms. The second kappa shape index (κ2) is 12.1. The summed E-state index contributed by atoms with van der Waals surface area (Å²) < 4.78 is 0. The zero-order chi connectivity index (χ0) is 26.4. The summed E-state index contributed by atoms with van der Waals surface area (Å²) in [4.78, 5) is 29.9. The maximum Gasteiger partial charge on any atom is 0.258 e. The highest BCUT2D eigenvalue weighted by atomic mass is 16.2. The highest BCUT2D eigenvalue weighted by Gasteiger charge is 2.34. The van der Waals surface area contributed by atoms with Gasteiger partial charge in [0.05, 0.1) is 0 Å². The summed E-state index contributed by atoms with van der Waals surface area (Å²) in [6, 6.07) is 24.5. The number of para-hydroxylation sites is 1. The van der Waals surface area contributed by atoms with Crippen LogP contribution in [0.2, 0.25) is 0 Å². The van der Waals surface area contributed by atoms with Crippen LogP contribution in [-0.2, 0) is 4.79 Å². The van der Waals surface area contributed by atoms with Crippen LogP contribution in [0.15, 0.2) is 72.8 Å². The van der Waals surface area contributed by atoms with Gasteiger partial charge in [0, 0.05) is 54.1 Å². The first-order chi connectivity index (χ1) is 18.0. The molecular weight excluding hydrogens is 458 g/mol. The molecule has 37 heavy (non-hydrogen) atoms. The monoisotopic (exact) mass is 497 g/mol. The second-order valence-electron chi connectivity index (χ2n) is 9.93. The van der Waals surface area contributed by atoms with Crippen molar-refractivity contribution in [1.82, 2.24) is 0 Å². The predicted molar refractivity (Wildman–Crippen MR) is 154 cm³/mol. The molecule has 3 aromatic carbocycles. The van der Waals surface area contributed by atoms with Crippen molar-refractivity contribution in [2.24, 2.45) is 0 Å². The molecule has 194 valence electrons. The molecule has 0 radical (unpaired) electrons. The predicted octanol–water partition coefficient (Wildman–Crippen LogP) is 7.23. The molecule has 1 heterocycles. The molecule has 0 aromatic heterocycles. The van der Waals surface area contributed by atoms with Crippen molar-refractivity contribution < 1.29 is 9.59 Å². The summed E-state index contributed by atoms with van der Waals surface area (Å²) >= 11 is 0. The van der Waals surface area contributed by atoms with Gasteiger partial charge in [0.25, 0.3) is 5.91 Å². The summed E-state index contributed by atoms with van der Waals surface area (Å²) in [6.45, 7) is 10.4. The van der Waals surface area contributed by atoms with Crippen LogP contribution in [0.1, 0.15) is 80.8 Å². The molecule has 1 aliphatic rings. The third-order valence-corrected chi connectivity index (χ3v) is 7.19. The van der Waals surface area contributed by atoms with Gasteiger partial charge in [-0.1, -0.05) is 51.1 Å². The van der Waals surface area contributed by atoms with Crippen molar-refractivity contribution in [3.63, 3.8) is 0 Å². The smallest absolute Gasteiger partial charge is 0.258 e. The Kier molecular flexibility index (Phi) is 8.65. The van der Waals surface area contributed by atoms with Crippen LogP contribution in [0.3, 0.4) is 0 Å². The maximum absolute atomic E-state index is 13.8. The molecule has 0 saturated heterocycles. The number of hydrogen-bond acceptors (Lipinski definition) is 3. The molecular formula is C32H39N3O2. The molecule has 1 aliphatic heterocycles. The van der Waals surface area contributed by atoms with Gasteiger partial charge in [0.15, 0.2) is 0 Å². The molecule has 0 spiro atoms. The number of carbonyl (C=O) groups excluding carboxylic acids is 2. The van der Waals surface area contributed by atoms with Gasteiger partial charge < -0.3 is 15.1 Å². The largest absolute Gasteiger partial charge is 0.372 e. The molecule has 0 bridgehead atoms. The topological polar surface area (TPSA) is 52.7 Å². The molecule has 3 aromatic rings. The van der Waals surface area contributed by atoms with E-state index in [9.17, 15) is 9.59 Å². The third-order valence-electron chi connectivity index (χ3n) is 7.19. The van der Waals surface area contributed by atoms with E-state index < -0.39 is 0 Å². The lowest BCUT2D eigenvalue weighted by atomic mass is 9.81. The van der Waals surface area contributed by atoms with Gasteiger partial charge in [0.2, 0.25) is 5.91 Å². The van der Waals surface area contributed by atoms with E-state index in [2.05, 4.69) is 67.4 Å². The summed E-state index contributed by atoms with van der Waals surface area (Å²) in [5, 5.41) is 2.92. The van der Waals surface area contributed by atoms with Gasteiger partial charge in [-0.15, -0.1) is 0 Å². The lowest BCUT2D eigenvalue weighted by Crippen LogP contribution is -2.43. The molecule has 4 rings (SSSR count). The highest BCUT2D eigenvalue weighted by Crippen LogP contribution is 2.42. The molecule has 2 amide bonds.